The number of carboxylic acids is 4. The molecular formula is C8H17NO10. The smallest absolute Gasteiger partial charge is 0.300 e. The Morgan fingerprint density at radius 3 is 0.632 bits per heavy atom. The van der Waals surface area contributed by atoms with Crippen LogP contribution >= 0.6 is 0 Å². The molecule has 0 bridgehead atoms. The van der Waals surface area contributed by atoms with Gasteiger partial charge in [0.1, 0.15) is 0 Å². The van der Waals surface area contributed by atoms with E-state index in [1.165, 1.54) is 5.34 Å². The van der Waals surface area contributed by atoms with Crippen LogP contribution in [-0.4, -0.2) is 49.5 Å². The fourth-order valence-corrected chi connectivity index (χ4v) is 0. The van der Waals surface area contributed by atoms with Crippen molar-refractivity contribution in [3.63, 3.8) is 0 Å². The Morgan fingerprint density at radius 2 is 0.632 bits per heavy atom. The van der Waals surface area contributed by atoms with Crippen LogP contribution in [0.3, 0.4) is 0 Å². The second kappa shape index (κ2) is 29.5. The lowest BCUT2D eigenvalue weighted by Crippen LogP contribution is -1.78. The first kappa shape index (κ1) is 29.9. The zero-order valence-electron chi connectivity index (χ0n) is 10.7. The molecule has 0 rings (SSSR count). The standard InChI is InChI=1S/4C2H4O2.HNO2/c4*1-2(3)4;2-1-3/h4*1H3,(H,3,4);(H,2,3). The molecule has 0 saturated carbocycles. The predicted molar refractivity (Wildman–Crippen MR) is 60.8 cm³/mol. The summed E-state index contributed by atoms with van der Waals surface area (Å²) >= 11 is 0. The first-order valence-corrected chi connectivity index (χ1v) is 4.09. The number of carboxylic acid groups (broad SMARTS) is 4. The van der Waals surface area contributed by atoms with Crippen LogP contribution in [0.15, 0.2) is 5.34 Å². The van der Waals surface area contributed by atoms with Crippen molar-refractivity contribution < 1.29 is 44.8 Å². The van der Waals surface area contributed by atoms with E-state index in [0.29, 0.717) is 0 Å². The van der Waals surface area contributed by atoms with Crippen molar-refractivity contribution >= 4 is 23.9 Å². The lowest BCUT2D eigenvalue weighted by molar-refractivity contribution is -0.135. The fraction of sp³-hybridized carbons (Fsp3) is 0.500. The number of hydrogen-bond donors (Lipinski definition) is 5. The van der Waals surface area contributed by atoms with Crippen LogP contribution in [-0.2, 0) is 19.2 Å². The highest BCUT2D eigenvalue weighted by atomic mass is 16.6. The molecule has 0 atom stereocenters. The predicted octanol–water partition coefficient (Wildman–Crippen LogP) is 0.506. The van der Waals surface area contributed by atoms with Gasteiger partial charge < -0.3 is 25.6 Å². The molecule has 11 nitrogen and oxygen atoms in total. The molecule has 0 aliphatic heterocycles. The molecular weight excluding hydrogens is 270 g/mol. The Balaban J connectivity index is -0.0000000432. The molecule has 0 heterocycles. The quantitative estimate of drug-likeness (QED) is 0.308. The molecule has 0 radical (unpaired) electrons. The minimum atomic E-state index is -0.833. The van der Waals surface area contributed by atoms with Gasteiger partial charge in [-0.3, -0.25) is 19.2 Å². The number of carbonyl (C=O) groups is 4. The summed E-state index contributed by atoms with van der Waals surface area (Å²) < 4.78 is 0. The largest absolute Gasteiger partial charge is 0.481 e. The van der Waals surface area contributed by atoms with E-state index in [9.17, 15) is 0 Å². The molecule has 0 aliphatic rings. The monoisotopic (exact) mass is 287 g/mol. The van der Waals surface area contributed by atoms with E-state index in [0.717, 1.165) is 27.7 Å². The van der Waals surface area contributed by atoms with Crippen LogP contribution in [0.25, 0.3) is 0 Å². The van der Waals surface area contributed by atoms with Crippen molar-refractivity contribution in [3.05, 3.63) is 4.91 Å². The number of rotatable bonds is 0. The van der Waals surface area contributed by atoms with E-state index < -0.39 is 23.9 Å². The molecule has 0 aromatic carbocycles. The number of aliphatic carboxylic acids is 4. The van der Waals surface area contributed by atoms with Gasteiger partial charge in [-0.1, -0.05) is 0 Å². The second-order valence-electron chi connectivity index (χ2n) is 2.16. The number of nitrogens with zero attached hydrogens (tertiary/aromatic N) is 1. The summed E-state index contributed by atoms with van der Waals surface area (Å²) in [4.78, 5) is 44.1. The van der Waals surface area contributed by atoms with Crippen molar-refractivity contribution in [2.45, 2.75) is 27.7 Å². The van der Waals surface area contributed by atoms with Gasteiger partial charge in [0.15, 0.2) is 5.34 Å². The van der Waals surface area contributed by atoms with Crippen LogP contribution in [0.5, 0.6) is 0 Å². The van der Waals surface area contributed by atoms with Crippen molar-refractivity contribution in [3.8, 4) is 0 Å². The maximum atomic E-state index is 9.00. The fourth-order valence-electron chi connectivity index (χ4n) is 0. The third-order valence-electron chi connectivity index (χ3n) is 0. The highest BCUT2D eigenvalue weighted by Crippen LogP contribution is 1.43. The van der Waals surface area contributed by atoms with Crippen molar-refractivity contribution in [1.82, 2.24) is 0 Å². The minimum Gasteiger partial charge on any atom is -0.481 e. The van der Waals surface area contributed by atoms with Gasteiger partial charge >= 0.3 is 0 Å². The zero-order chi connectivity index (χ0) is 17.0. The average Bonchev–Trinajstić information content (AvgIpc) is 1.97. The van der Waals surface area contributed by atoms with E-state index in [4.69, 9.17) is 49.7 Å². The third kappa shape index (κ3) is 364. The SMILES string of the molecule is CC(=O)O.CC(=O)O.CC(=O)O.CC(=O)O.O=NO. The van der Waals surface area contributed by atoms with Crippen LogP contribution in [0, 0.1) is 4.91 Å². The van der Waals surface area contributed by atoms with Crippen LogP contribution in [0.4, 0.5) is 0 Å². The lowest BCUT2D eigenvalue weighted by Gasteiger charge is -1.59. The minimum absolute atomic E-state index is 0.833. The van der Waals surface area contributed by atoms with Gasteiger partial charge in [-0.2, -0.15) is 0 Å². The molecule has 5 N–H and O–H groups in total. The number of hydrogen-bond acceptors (Lipinski definition) is 6. The normalized spacial score (nSPS) is 5.89. The van der Waals surface area contributed by atoms with E-state index >= 15 is 0 Å². The molecule has 0 aromatic heterocycles. The lowest BCUT2D eigenvalue weighted by atomic mass is 10.9. The highest BCUT2D eigenvalue weighted by molar-refractivity contribution is 5.63. The molecule has 0 amide bonds. The summed E-state index contributed by atoms with van der Waals surface area (Å²) in [5.74, 6) is -3.33. The molecule has 0 unspecified atom stereocenters. The van der Waals surface area contributed by atoms with Gasteiger partial charge in [0.05, 0.1) is 0 Å². The Morgan fingerprint density at radius 1 is 0.632 bits per heavy atom. The summed E-state index contributed by atoms with van der Waals surface area (Å²) in [7, 11) is 0. The van der Waals surface area contributed by atoms with E-state index in [-0.39, 0.29) is 0 Å². The van der Waals surface area contributed by atoms with E-state index in [1.54, 1.807) is 0 Å². The summed E-state index contributed by atoms with van der Waals surface area (Å²) in [6.45, 7) is 4.33. The zero-order valence-corrected chi connectivity index (χ0v) is 10.7. The summed E-state index contributed by atoms with van der Waals surface area (Å²) in [6, 6.07) is 0. The Labute approximate surface area is 108 Å². The van der Waals surface area contributed by atoms with Crippen LogP contribution in [0.2, 0.25) is 0 Å². The third-order valence-corrected chi connectivity index (χ3v) is 0. The Bertz CT molecular complexity index is 198. The first-order valence-electron chi connectivity index (χ1n) is 4.09. The average molecular weight is 287 g/mol. The molecule has 0 aromatic rings. The van der Waals surface area contributed by atoms with Crippen molar-refractivity contribution in [1.29, 1.82) is 0 Å². The second-order valence-corrected chi connectivity index (χ2v) is 2.16. The van der Waals surface area contributed by atoms with Gasteiger partial charge in [0.2, 0.25) is 0 Å². The highest BCUT2D eigenvalue weighted by Gasteiger charge is 1.66. The molecule has 0 saturated heterocycles. The molecule has 19 heavy (non-hydrogen) atoms. The maximum absolute atomic E-state index is 9.00. The first-order chi connectivity index (χ1) is 8.34. The molecule has 11 heteroatoms. The van der Waals surface area contributed by atoms with Crippen LogP contribution in [0.1, 0.15) is 27.7 Å². The summed E-state index contributed by atoms with van der Waals surface area (Å²) in [6.07, 6.45) is 0. The molecule has 0 fully saturated rings. The van der Waals surface area contributed by atoms with Gasteiger partial charge in [0, 0.05) is 27.7 Å². The maximum Gasteiger partial charge on any atom is 0.300 e. The van der Waals surface area contributed by atoms with Gasteiger partial charge in [-0.25, -0.2) is 0 Å². The molecule has 0 spiro atoms. The Hall–Kier alpha value is -2.72. The summed E-state index contributed by atoms with van der Waals surface area (Å²) in [5, 5.41) is 37.6. The summed E-state index contributed by atoms with van der Waals surface area (Å²) in [5.41, 5.74) is 0. The molecule has 0 aliphatic carbocycles. The Kier molecular flexibility index (Phi) is 46.4. The molecule has 114 valence electrons. The van der Waals surface area contributed by atoms with Gasteiger partial charge in [0.25, 0.3) is 23.9 Å². The topological polar surface area (TPSA) is 199 Å². The van der Waals surface area contributed by atoms with E-state index in [2.05, 4.69) is 0 Å². The van der Waals surface area contributed by atoms with Gasteiger partial charge in [-0.15, -0.1) is 4.91 Å². The van der Waals surface area contributed by atoms with Crippen molar-refractivity contribution in [2.75, 3.05) is 0 Å². The van der Waals surface area contributed by atoms with Gasteiger partial charge in [-0.05, 0) is 0 Å². The van der Waals surface area contributed by atoms with E-state index in [1.807, 2.05) is 0 Å². The van der Waals surface area contributed by atoms with Crippen molar-refractivity contribution in [2.24, 2.45) is 5.34 Å². The van der Waals surface area contributed by atoms with Crippen LogP contribution < -0.4 is 0 Å².